The van der Waals surface area contributed by atoms with Crippen LogP contribution in [0.3, 0.4) is 0 Å². The smallest absolute Gasteiger partial charge is 0.395 e. The van der Waals surface area contributed by atoms with Crippen LogP contribution in [0.1, 0.15) is 69.4 Å². The number of aryl methyl sites for hydroxylation is 1. The lowest BCUT2D eigenvalue weighted by Crippen LogP contribution is -2.26. The Morgan fingerprint density at radius 2 is 1.57 bits per heavy atom. The Morgan fingerprint density at radius 3 is 2.14 bits per heavy atom. The van der Waals surface area contributed by atoms with E-state index in [4.69, 9.17) is 4.74 Å². The van der Waals surface area contributed by atoms with E-state index in [1.807, 2.05) is 12.1 Å². The first-order valence-corrected chi connectivity index (χ1v) is 7.87. The van der Waals surface area contributed by atoms with Crippen molar-refractivity contribution in [1.82, 2.24) is 0 Å². The molecule has 0 amide bonds. The molecule has 0 saturated heterocycles. The SMILES string of the molecule is CCCCC(CCCC)c1ccc(C)c2c1OC(F)(F)O2. The number of alkyl halides is 2. The van der Waals surface area contributed by atoms with Crippen molar-refractivity contribution >= 4 is 0 Å². The average molecular weight is 298 g/mol. The molecule has 2 rings (SSSR count). The van der Waals surface area contributed by atoms with Gasteiger partial charge in [-0.1, -0.05) is 51.7 Å². The highest BCUT2D eigenvalue weighted by Crippen LogP contribution is 2.49. The molecular formula is C17H24F2O2. The highest BCUT2D eigenvalue weighted by molar-refractivity contribution is 5.54. The monoisotopic (exact) mass is 298 g/mol. The van der Waals surface area contributed by atoms with E-state index in [1.54, 1.807) is 6.92 Å². The second kappa shape index (κ2) is 6.63. The third-order valence-electron chi connectivity index (χ3n) is 4.03. The second-order valence-electron chi connectivity index (χ2n) is 5.78. The number of fused-ring (bicyclic) bond motifs is 1. The van der Waals surface area contributed by atoms with E-state index in [0.29, 0.717) is 5.56 Å². The minimum Gasteiger partial charge on any atom is -0.395 e. The van der Waals surface area contributed by atoms with E-state index in [1.165, 1.54) is 0 Å². The van der Waals surface area contributed by atoms with Crippen LogP contribution in [0.4, 0.5) is 8.78 Å². The van der Waals surface area contributed by atoms with Gasteiger partial charge < -0.3 is 9.47 Å². The van der Waals surface area contributed by atoms with Crippen molar-refractivity contribution in [1.29, 1.82) is 0 Å². The summed E-state index contributed by atoms with van der Waals surface area (Å²) in [5, 5.41) is 0. The van der Waals surface area contributed by atoms with Crippen LogP contribution in [0.15, 0.2) is 12.1 Å². The van der Waals surface area contributed by atoms with Crippen molar-refractivity contribution in [2.24, 2.45) is 0 Å². The van der Waals surface area contributed by atoms with Crippen LogP contribution in [0.2, 0.25) is 0 Å². The van der Waals surface area contributed by atoms with Gasteiger partial charge in [-0.2, -0.15) is 0 Å². The topological polar surface area (TPSA) is 18.5 Å². The van der Waals surface area contributed by atoms with Crippen molar-refractivity contribution in [3.8, 4) is 11.5 Å². The summed E-state index contributed by atoms with van der Waals surface area (Å²) in [6.07, 6.45) is 2.85. The molecule has 0 fully saturated rings. The van der Waals surface area contributed by atoms with Gasteiger partial charge >= 0.3 is 6.29 Å². The maximum absolute atomic E-state index is 13.4. The molecule has 1 heterocycles. The summed E-state index contributed by atoms with van der Waals surface area (Å²) in [6.45, 7) is 6.05. The van der Waals surface area contributed by atoms with E-state index >= 15 is 0 Å². The lowest BCUT2D eigenvalue weighted by atomic mass is 9.87. The number of hydrogen-bond acceptors (Lipinski definition) is 2. The standard InChI is InChI=1S/C17H24F2O2/c1-4-6-8-13(9-7-5-2)14-11-10-12(3)15-16(14)21-17(18,19)20-15/h10-11,13H,4-9H2,1-3H3. The summed E-state index contributed by atoms with van der Waals surface area (Å²) in [4.78, 5) is 0. The zero-order valence-electron chi connectivity index (χ0n) is 13.0. The van der Waals surface area contributed by atoms with E-state index in [9.17, 15) is 8.78 Å². The van der Waals surface area contributed by atoms with Crippen LogP contribution in [-0.2, 0) is 0 Å². The summed E-state index contributed by atoms with van der Waals surface area (Å²) < 4.78 is 36.3. The molecule has 0 radical (unpaired) electrons. The van der Waals surface area contributed by atoms with Crippen LogP contribution < -0.4 is 9.47 Å². The predicted octanol–water partition coefficient (Wildman–Crippen LogP) is 5.78. The van der Waals surface area contributed by atoms with Gasteiger partial charge in [0.05, 0.1) is 0 Å². The highest BCUT2D eigenvalue weighted by atomic mass is 19.3. The van der Waals surface area contributed by atoms with Crippen molar-refractivity contribution < 1.29 is 18.3 Å². The van der Waals surface area contributed by atoms with E-state index in [-0.39, 0.29) is 17.4 Å². The fourth-order valence-corrected chi connectivity index (χ4v) is 2.84. The fraction of sp³-hybridized carbons (Fsp3) is 0.647. The average Bonchev–Trinajstić information content (AvgIpc) is 2.77. The number of benzene rings is 1. The first-order valence-electron chi connectivity index (χ1n) is 7.87. The molecule has 0 unspecified atom stereocenters. The van der Waals surface area contributed by atoms with Gasteiger partial charge in [0.1, 0.15) is 0 Å². The first kappa shape index (κ1) is 16.1. The van der Waals surface area contributed by atoms with Crippen molar-refractivity contribution in [3.63, 3.8) is 0 Å². The number of ether oxygens (including phenoxy) is 2. The van der Waals surface area contributed by atoms with Gasteiger partial charge in [0.2, 0.25) is 0 Å². The molecule has 1 aliphatic rings. The van der Waals surface area contributed by atoms with E-state index < -0.39 is 6.29 Å². The Labute approximate surface area is 125 Å². The lowest BCUT2D eigenvalue weighted by Gasteiger charge is -2.19. The van der Waals surface area contributed by atoms with Gasteiger partial charge in [-0.25, -0.2) is 0 Å². The molecule has 0 spiro atoms. The van der Waals surface area contributed by atoms with E-state index in [2.05, 4.69) is 18.6 Å². The number of halogens is 2. The fourth-order valence-electron chi connectivity index (χ4n) is 2.84. The Bertz CT molecular complexity index is 478. The Morgan fingerprint density at radius 1 is 1.00 bits per heavy atom. The second-order valence-corrected chi connectivity index (χ2v) is 5.78. The Hall–Kier alpha value is -1.32. The normalized spacial score (nSPS) is 15.7. The molecule has 1 aromatic carbocycles. The van der Waals surface area contributed by atoms with Crippen LogP contribution in [0.25, 0.3) is 0 Å². The molecule has 0 aromatic heterocycles. The molecule has 0 bridgehead atoms. The Kier molecular flexibility index (Phi) is 5.07. The van der Waals surface area contributed by atoms with Gasteiger partial charge in [-0.05, 0) is 31.2 Å². The molecule has 0 N–H and O–H groups in total. The Balaban J connectivity index is 2.31. The zero-order valence-corrected chi connectivity index (χ0v) is 13.0. The van der Waals surface area contributed by atoms with Crippen LogP contribution >= 0.6 is 0 Å². The van der Waals surface area contributed by atoms with Crippen molar-refractivity contribution in [3.05, 3.63) is 23.3 Å². The molecule has 4 heteroatoms. The van der Waals surface area contributed by atoms with Gasteiger partial charge in [-0.15, -0.1) is 8.78 Å². The first-order chi connectivity index (χ1) is 9.98. The number of hydrogen-bond donors (Lipinski definition) is 0. The van der Waals surface area contributed by atoms with Gasteiger partial charge in [-0.3, -0.25) is 0 Å². The molecule has 1 aliphatic heterocycles. The van der Waals surface area contributed by atoms with E-state index in [0.717, 1.165) is 44.1 Å². The summed E-state index contributed by atoms with van der Waals surface area (Å²) in [5.74, 6) is 0.712. The minimum absolute atomic E-state index is 0.204. The zero-order chi connectivity index (χ0) is 15.5. The van der Waals surface area contributed by atoms with Crippen LogP contribution in [0.5, 0.6) is 11.5 Å². The maximum Gasteiger partial charge on any atom is 0.586 e. The molecule has 2 nitrogen and oxygen atoms in total. The molecule has 21 heavy (non-hydrogen) atoms. The number of unbranched alkanes of at least 4 members (excludes halogenated alkanes) is 2. The molecular weight excluding hydrogens is 274 g/mol. The molecule has 0 aliphatic carbocycles. The maximum atomic E-state index is 13.4. The van der Waals surface area contributed by atoms with Crippen LogP contribution in [-0.4, -0.2) is 6.29 Å². The predicted molar refractivity (Wildman–Crippen MR) is 79.2 cm³/mol. The van der Waals surface area contributed by atoms with Crippen molar-refractivity contribution in [2.75, 3.05) is 0 Å². The molecule has 118 valence electrons. The third kappa shape index (κ3) is 3.66. The van der Waals surface area contributed by atoms with Crippen molar-refractivity contribution in [2.45, 2.75) is 71.5 Å². The van der Waals surface area contributed by atoms with Crippen LogP contribution in [0, 0.1) is 6.92 Å². The number of rotatable bonds is 7. The highest BCUT2D eigenvalue weighted by Gasteiger charge is 2.45. The van der Waals surface area contributed by atoms with Gasteiger partial charge in [0, 0.05) is 5.56 Å². The summed E-state index contributed by atoms with van der Waals surface area (Å²) in [5.41, 5.74) is 1.56. The summed E-state index contributed by atoms with van der Waals surface area (Å²) in [6, 6.07) is 3.78. The molecule has 1 aromatic rings. The van der Waals surface area contributed by atoms with Gasteiger partial charge in [0.25, 0.3) is 0 Å². The molecule has 0 atom stereocenters. The quantitative estimate of drug-likeness (QED) is 0.635. The van der Waals surface area contributed by atoms with Gasteiger partial charge in [0.15, 0.2) is 11.5 Å². The molecule has 0 saturated carbocycles. The largest absolute Gasteiger partial charge is 0.586 e. The minimum atomic E-state index is -3.54. The third-order valence-corrected chi connectivity index (χ3v) is 4.03. The lowest BCUT2D eigenvalue weighted by molar-refractivity contribution is -0.287. The summed E-state index contributed by atoms with van der Waals surface area (Å²) >= 11 is 0. The summed E-state index contributed by atoms with van der Waals surface area (Å²) in [7, 11) is 0.